The van der Waals surface area contributed by atoms with E-state index >= 15 is 0 Å². The van der Waals surface area contributed by atoms with Crippen LogP contribution in [0.25, 0.3) is 0 Å². The Kier molecular flexibility index (Phi) is 15.7. The molecule has 0 radical (unpaired) electrons. The molecule has 0 aromatic heterocycles. The third-order valence-electron chi connectivity index (χ3n) is 18.2. The lowest BCUT2D eigenvalue weighted by Crippen LogP contribution is -2.66. The van der Waals surface area contributed by atoms with E-state index in [2.05, 4.69) is 33.8 Å². The SMILES string of the molecule is CC(C)=CCCC(C)(O[C@@H]1O[C@H](CO)[C@@H](O)[C@H](O)[C@H]1O)C1CCC2(C)C1C(O)CC1C3CCC(O[C@@H]4O[C@H](CO)[C@@H](O)[C@H](O)[C@H]4O[C@@H]4O[C@H](CO)[C@@H](O)[C@H](O)[C@H]4O)C(C)(C)C3CCC12C. The van der Waals surface area contributed by atoms with Crippen molar-refractivity contribution >= 4 is 0 Å². The molecule has 18 heteroatoms. The van der Waals surface area contributed by atoms with Crippen LogP contribution in [0.1, 0.15) is 106 Å². The van der Waals surface area contributed by atoms with Gasteiger partial charge in [0.05, 0.1) is 37.6 Å². The van der Waals surface area contributed by atoms with Crippen molar-refractivity contribution in [2.45, 2.75) is 216 Å². The van der Waals surface area contributed by atoms with Crippen LogP contribution in [0.3, 0.4) is 0 Å². The molecule has 0 spiro atoms. The lowest BCUT2D eigenvalue weighted by atomic mass is 9.39. The summed E-state index contributed by atoms with van der Waals surface area (Å²) >= 11 is 0. The van der Waals surface area contributed by atoms with E-state index in [1.54, 1.807) is 0 Å². The normalized spacial score (nSPS) is 51.9. The first-order valence-electron chi connectivity index (χ1n) is 24.0. The molecule has 0 amide bonds. The molecule has 4 aliphatic carbocycles. The first kappa shape index (κ1) is 51.9. The lowest BCUT2D eigenvalue weighted by Gasteiger charge is -2.67. The molecule has 65 heavy (non-hydrogen) atoms. The summed E-state index contributed by atoms with van der Waals surface area (Å²) < 4.78 is 37.1. The maximum atomic E-state index is 12.5. The third-order valence-corrected chi connectivity index (χ3v) is 18.2. The van der Waals surface area contributed by atoms with Crippen molar-refractivity contribution in [3.63, 3.8) is 0 Å². The highest BCUT2D eigenvalue weighted by Crippen LogP contribution is 2.73. The van der Waals surface area contributed by atoms with Gasteiger partial charge in [-0.2, -0.15) is 0 Å². The van der Waals surface area contributed by atoms with Crippen molar-refractivity contribution in [3.8, 4) is 0 Å². The Morgan fingerprint density at radius 3 is 1.74 bits per heavy atom. The van der Waals surface area contributed by atoms with Crippen LogP contribution in [0.5, 0.6) is 0 Å². The Labute approximate surface area is 382 Å². The minimum atomic E-state index is -1.79. The largest absolute Gasteiger partial charge is 0.394 e. The fourth-order valence-electron chi connectivity index (χ4n) is 14.2. The summed E-state index contributed by atoms with van der Waals surface area (Å²) in [6.45, 7) is 13.2. The number of fused-ring (bicyclic) bond motifs is 5. The zero-order valence-corrected chi connectivity index (χ0v) is 39.1. The van der Waals surface area contributed by atoms with Crippen molar-refractivity contribution in [1.82, 2.24) is 0 Å². The van der Waals surface area contributed by atoms with Crippen molar-refractivity contribution in [1.29, 1.82) is 0 Å². The van der Waals surface area contributed by atoms with Crippen LogP contribution in [0.4, 0.5) is 0 Å². The highest BCUT2D eigenvalue weighted by Gasteiger charge is 2.70. The van der Waals surface area contributed by atoms with E-state index in [0.717, 1.165) is 37.7 Å². The number of ether oxygens (including phenoxy) is 6. The Balaban J connectivity index is 1.11. The quantitative estimate of drug-likeness (QED) is 0.0825. The fourth-order valence-corrected chi connectivity index (χ4v) is 14.2. The molecule has 7 fully saturated rings. The predicted octanol–water partition coefficient (Wildman–Crippen LogP) is -0.417. The summed E-state index contributed by atoms with van der Waals surface area (Å²) in [5.74, 6) is 0.200. The van der Waals surface area contributed by atoms with Crippen LogP contribution in [-0.2, 0) is 28.4 Å². The molecule has 0 bridgehead atoms. The van der Waals surface area contributed by atoms with Crippen LogP contribution in [0.15, 0.2) is 11.6 Å². The summed E-state index contributed by atoms with van der Waals surface area (Å²) in [6.07, 6.45) is -15.1. The molecule has 3 aliphatic heterocycles. The fraction of sp³-hybridized carbons (Fsp3) is 0.957. The maximum Gasteiger partial charge on any atom is 0.187 e. The molecule has 0 aromatic carbocycles. The molecule has 25 atom stereocenters. The average molecular weight is 933 g/mol. The van der Waals surface area contributed by atoms with Crippen molar-refractivity contribution in [2.24, 2.45) is 45.8 Å². The van der Waals surface area contributed by atoms with E-state index in [1.165, 1.54) is 0 Å². The highest BCUT2D eigenvalue weighted by atomic mass is 16.8. The number of hydrogen-bond donors (Lipinski definition) is 12. The van der Waals surface area contributed by atoms with Crippen LogP contribution >= 0.6 is 0 Å². The summed E-state index contributed by atoms with van der Waals surface area (Å²) in [6, 6.07) is 0. The number of hydrogen-bond acceptors (Lipinski definition) is 18. The Hall–Kier alpha value is -0.980. The van der Waals surface area contributed by atoms with Crippen molar-refractivity contribution in [3.05, 3.63) is 11.6 Å². The Bertz CT molecular complexity index is 1630. The highest BCUT2D eigenvalue weighted by molar-refractivity contribution is 5.18. The minimum absolute atomic E-state index is 0.144. The third kappa shape index (κ3) is 9.05. The maximum absolute atomic E-state index is 12.5. The monoisotopic (exact) mass is 933 g/mol. The van der Waals surface area contributed by atoms with Gasteiger partial charge in [-0.25, -0.2) is 0 Å². The molecule has 18 nitrogen and oxygen atoms in total. The topological polar surface area (TPSA) is 298 Å². The van der Waals surface area contributed by atoms with Crippen LogP contribution in [0.2, 0.25) is 0 Å². The van der Waals surface area contributed by atoms with E-state index in [0.29, 0.717) is 25.7 Å². The number of aliphatic hydroxyl groups excluding tert-OH is 12. The predicted molar refractivity (Wildman–Crippen MR) is 229 cm³/mol. The van der Waals surface area contributed by atoms with Gasteiger partial charge < -0.3 is 89.7 Å². The van der Waals surface area contributed by atoms with Gasteiger partial charge in [0.15, 0.2) is 18.9 Å². The standard InChI is InChI=1S/C47H80O18/c1-21(2)9-8-14-47(7,65-42-39(59)36(56)33(53)28(19-49)61-42)24-13-16-46(6)31(24)26(51)17-25-22-10-11-30(44(3,4)23(22)12-15-45(25,46)5)63-43-40(37(57)34(54)29(20-50)62-43)64-41-38(58)35(55)32(52)27(18-48)60-41/h9,22-43,48-59H,8,10-20H2,1-7H3/t22?,23?,24?,25?,26?,27-,28-,29-,30?,31?,32-,33-,34-,35+,36+,37+,38-,39-,40-,41+,42+,43+,45?,46?,47?/m1/s1. The molecule has 7 rings (SSSR count). The second kappa shape index (κ2) is 19.7. The van der Waals surface area contributed by atoms with E-state index in [1.807, 2.05) is 20.8 Å². The summed E-state index contributed by atoms with van der Waals surface area (Å²) in [7, 11) is 0. The molecule has 4 saturated carbocycles. The van der Waals surface area contributed by atoms with Gasteiger partial charge in [0.1, 0.15) is 73.2 Å². The second-order valence-electron chi connectivity index (χ2n) is 22.2. The molecular formula is C47H80O18. The second-order valence-corrected chi connectivity index (χ2v) is 22.2. The molecule has 7 aliphatic rings. The Morgan fingerprint density at radius 2 is 1.15 bits per heavy atom. The van der Waals surface area contributed by atoms with E-state index in [-0.39, 0.29) is 40.4 Å². The van der Waals surface area contributed by atoms with Gasteiger partial charge in [-0.05, 0) is 124 Å². The van der Waals surface area contributed by atoms with E-state index in [9.17, 15) is 61.3 Å². The van der Waals surface area contributed by atoms with Gasteiger partial charge in [-0.3, -0.25) is 0 Å². The number of aliphatic hydroxyl groups is 12. The number of allylic oxidation sites excluding steroid dienone is 2. The zero-order valence-electron chi connectivity index (χ0n) is 39.1. The van der Waals surface area contributed by atoms with E-state index < -0.39 is 135 Å². The number of rotatable bonds is 13. The first-order valence-corrected chi connectivity index (χ1v) is 24.0. The van der Waals surface area contributed by atoms with Gasteiger partial charge in [-0.15, -0.1) is 0 Å². The average Bonchev–Trinajstić information content (AvgIpc) is 3.65. The van der Waals surface area contributed by atoms with Gasteiger partial charge in [0, 0.05) is 0 Å². The first-order chi connectivity index (χ1) is 30.5. The summed E-state index contributed by atoms with van der Waals surface area (Å²) in [5, 5.41) is 128. The molecule has 3 saturated heterocycles. The lowest BCUT2D eigenvalue weighted by molar-refractivity contribution is -0.377. The van der Waals surface area contributed by atoms with Crippen molar-refractivity contribution in [2.75, 3.05) is 19.8 Å². The van der Waals surface area contributed by atoms with Crippen LogP contribution < -0.4 is 0 Å². The van der Waals surface area contributed by atoms with Gasteiger partial charge in [-0.1, -0.05) is 39.3 Å². The molecular weight excluding hydrogens is 852 g/mol. The van der Waals surface area contributed by atoms with Crippen LogP contribution in [-0.4, -0.2) is 191 Å². The van der Waals surface area contributed by atoms with Gasteiger partial charge in [0.2, 0.25) is 0 Å². The van der Waals surface area contributed by atoms with Crippen LogP contribution in [0, 0.1) is 45.8 Å². The summed E-state index contributed by atoms with van der Waals surface area (Å²) in [5.41, 5.74) is -0.750. The van der Waals surface area contributed by atoms with E-state index in [4.69, 9.17) is 28.4 Å². The molecule has 376 valence electrons. The molecule has 3 heterocycles. The molecule has 10 unspecified atom stereocenters. The zero-order chi connectivity index (χ0) is 47.7. The molecule has 0 aromatic rings. The van der Waals surface area contributed by atoms with Crippen molar-refractivity contribution < 1.29 is 89.7 Å². The van der Waals surface area contributed by atoms with Gasteiger partial charge >= 0.3 is 0 Å². The van der Waals surface area contributed by atoms with Gasteiger partial charge in [0.25, 0.3) is 0 Å². The minimum Gasteiger partial charge on any atom is -0.394 e. The summed E-state index contributed by atoms with van der Waals surface area (Å²) in [4.78, 5) is 0. The Morgan fingerprint density at radius 1 is 0.615 bits per heavy atom. The molecule has 12 N–H and O–H groups in total. The smallest absolute Gasteiger partial charge is 0.187 e.